The highest BCUT2D eigenvalue weighted by atomic mass is 79.9. The van der Waals surface area contributed by atoms with Gasteiger partial charge in [-0.05, 0) is 29.5 Å². The fourth-order valence-electron chi connectivity index (χ4n) is 2.01. The minimum Gasteiger partial charge on any atom is -0.371 e. The molecule has 0 atom stereocenters. The zero-order chi connectivity index (χ0) is 13.7. The van der Waals surface area contributed by atoms with Gasteiger partial charge in [0.15, 0.2) is 0 Å². The summed E-state index contributed by atoms with van der Waals surface area (Å²) in [7, 11) is 0. The molecule has 1 rings (SSSR count). The molecule has 0 aliphatic carbocycles. The second-order valence-corrected chi connectivity index (χ2v) is 6.72. The standard InChI is InChI=1S/C15H23BrClN/c1-11(2)9-18(10-12(3)4)14-6-5-13(8-17)15(16)7-14/h5-7,11-12H,8-10H2,1-4H3. The van der Waals surface area contributed by atoms with Gasteiger partial charge in [0.2, 0.25) is 0 Å². The van der Waals surface area contributed by atoms with Gasteiger partial charge in [0.25, 0.3) is 0 Å². The fraction of sp³-hybridized carbons (Fsp3) is 0.600. The highest BCUT2D eigenvalue weighted by Crippen LogP contribution is 2.26. The largest absolute Gasteiger partial charge is 0.371 e. The van der Waals surface area contributed by atoms with Gasteiger partial charge in [-0.3, -0.25) is 0 Å². The second kappa shape index (κ2) is 7.40. The van der Waals surface area contributed by atoms with E-state index in [2.05, 4.69) is 66.7 Å². The first kappa shape index (κ1) is 15.8. The Hall–Kier alpha value is -0.210. The quantitative estimate of drug-likeness (QED) is 0.638. The van der Waals surface area contributed by atoms with Gasteiger partial charge in [0, 0.05) is 29.1 Å². The zero-order valence-electron chi connectivity index (χ0n) is 11.7. The second-order valence-electron chi connectivity index (χ2n) is 5.60. The van der Waals surface area contributed by atoms with Crippen LogP contribution < -0.4 is 4.90 Å². The summed E-state index contributed by atoms with van der Waals surface area (Å²) in [5.41, 5.74) is 2.42. The Labute approximate surface area is 125 Å². The number of hydrogen-bond donors (Lipinski definition) is 0. The van der Waals surface area contributed by atoms with E-state index in [0.717, 1.165) is 23.1 Å². The molecular weight excluding hydrogens is 310 g/mol. The molecule has 1 aromatic rings. The molecule has 0 heterocycles. The van der Waals surface area contributed by atoms with E-state index in [1.54, 1.807) is 0 Å². The summed E-state index contributed by atoms with van der Waals surface area (Å²) in [4.78, 5) is 2.46. The van der Waals surface area contributed by atoms with Crippen molar-refractivity contribution in [2.45, 2.75) is 33.6 Å². The van der Waals surface area contributed by atoms with Gasteiger partial charge in [-0.1, -0.05) is 49.7 Å². The van der Waals surface area contributed by atoms with E-state index in [0.29, 0.717) is 17.7 Å². The lowest BCUT2D eigenvalue weighted by Gasteiger charge is -2.29. The van der Waals surface area contributed by atoms with Crippen LogP contribution in [0, 0.1) is 11.8 Å². The normalized spacial score (nSPS) is 11.3. The topological polar surface area (TPSA) is 3.24 Å². The first-order valence-corrected chi connectivity index (χ1v) is 7.86. The van der Waals surface area contributed by atoms with Crippen molar-refractivity contribution in [1.29, 1.82) is 0 Å². The highest BCUT2D eigenvalue weighted by molar-refractivity contribution is 9.10. The molecule has 1 nitrogen and oxygen atoms in total. The van der Waals surface area contributed by atoms with Crippen molar-refractivity contribution < 1.29 is 0 Å². The molecule has 1 aromatic carbocycles. The Bertz CT molecular complexity index is 367. The average molecular weight is 333 g/mol. The zero-order valence-corrected chi connectivity index (χ0v) is 14.1. The maximum atomic E-state index is 5.89. The third-order valence-corrected chi connectivity index (χ3v) is 3.74. The van der Waals surface area contributed by atoms with E-state index in [9.17, 15) is 0 Å². The molecule has 0 amide bonds. The Morgan fingerprint density at radius 1 is 1.11 bits per heavy atom. The van der Waals surface area contributed by atoms with Crippen LogP contribution in [0.5, 0.6) is 0 Å². The molecule has 3 heteroatoms. The van der Waals surface area contributed by atoms with Crippen molar-refractivity contribution in [2.75, 3.05) is 18.0 Å². The first-order chi connectivity index (χ1) is 8.43. The van der Waals surface area contributed by atoms with E-state index >= 15 is 0 Å². The van der Waals surface area contributed by atoms with E-state index in [-0.39, 0.29) is 0 Å². The Morgan fingerprint density at radius 2 is 1.67 bits per heavy atom. The number of hydrogen-bond acceptors (Lipinski definition) is 1. The van der Waals surface area contributed by atoms with Gasteiger partial charge < -0.3 is 4.90 Å². The van der Waals surface area contributed by atoms with Gasteiger partial charge in [0.1, 0.15) is 0 Å². The lowest BCUT2D eigenvalue weighted by molar-refractivity contribution is 0.552. The van der Waals surface area contributed by atoms with Crippen LogP contribution in [-0.2, 0) is 5.88 Å². The molecule has 0 radical (unpaired) electrons. The summed E-state index contributed by atoms with van der Waals surface area (Å²) in [6.07, 6.45) is 0. The molecule has 0 N–H and O–H groups in total. The average Bonchev–Trinajstić information content (AvgIpc) is 2.26. The maximum absolute atomic E-state index is 5.89. The minimum atomic E-state index is 0.551. The number of benzene rings is 1. The maximum Gasteiger partial charge on any atom is 0.0485 e. The van der Waals surface area contributed by atoms with Crippen molar-refractivity contribution in [3.05, 3.63) is 28.2 Å². The van der Waals surface area contributed by atoms with Gasteiger partial charge >= 0.3 is 0 Å². The Kier molecular flexibility index (Phi) is 6.51. The summed E-state index contributed by atoms with van der Waals surface area (Å²) in [5, 5.41) is 0. The molecule has 0 aliphatic heterocycles. The van der Waals surface area contributed by atoms with Crippen LogP contribution in [0.1, 0.15) is 33.3 Å². The number of anilines is 1. The predicted octanol–water partition coefficient (Wildman–Crippen LogP) is 5.31. The smallest absolute Gasteiger partial charge is 0.0485 e. The summed E-state index contributed by atoms with van der Waals surface area (Å²) in [6.45, 7) is 11.2. The molecule has 0 bridgehead atoms. The summed E-state index contributed by atoms with van der Waals surface area (Å²) >= 11 is 9.49. The van der Waals surface area contributed by atoms with E-state index in [4.69, 9.17) is 11.6 Å². The predicted molar refractivity (Wildman–Crippen MR) is 85.6 cm³/mol. The molecule has 0 aromatic heterocycles. The van der Waals surface area contributed by atoms with Crippen LogP contribution >= 0.6 is 27.5 Å². The SMILES string of the molecule is CC(C)CN(CC(C)C)c1ccc(CCl)c(Br)c1. The van der Waals surface area contributed by atoms with E-state index < -0.39 is 0 Å². The summed E-state index contributed by atoms with van der Waals surface area (Å²) < 4.78 is 1.10. The number of nitrogens with zero attached hydrogens (tertiary/aromatic N) is 1. The van der Waals surface area contributed by atoms with Crippen molar-refractivity contribution >= 4 is 33.2 Å². The number of alkyl halides is 1. The van der Waals surface area contributed by atoms with Crippen molar-refractivity contribution in [1.82, 2.24) is 0 Å². The summed E-state index contributed by atoms with van der Waals surface area (Å²) in [6, 6.07) is 6.47. The fourth-order valence-corrected chi connectivity index (χ4v) is 2.91. The lowest BCUT2D eigenvalue weighted by atomic mass is 10.1. The van der Waals surface area contributed by atoms with Crippen LogP contribution in [0.3, 0.4) is 0 Å². The minimum absolute atomic E-state index is 0.551. The van der Waals surface area contributed by atoms with Crippen LogP contribution in [0.25, 0.3) is 0 Å². The molecule has 0 fully saturated rings. The molecule has 0 saturated carbocycles. The van der Waals surface area contributed by atoms with Crippen LogP contribution in [0.15, 0.2) is 22.7 Å². The Balaban J connectivity index is 2.93. The number of halogens is 2. The first-order valence-electron chi connectivity index (χ1n) is 6.53. The van der Waals surface area contributed by atoms with Crippen molar-refractivity contribution in [3.8, 4) is 0 Å². The molecule has 18 heavy (non-hydrogen) atoms. The molecule has 102 valence electrons. The van der Waals surface area contributed by atoms with E-state index in [1.807, 2.05) is 0 Å². The summed E-state index contributed by atoms with van der Waals surface area (Å²) in [5.74, 6) is 1.88. The van der Waals surface area contributed by atoms with Crippen LogP contribution in [0.4, 0.5) is 5.69 Å². The third-order valence-electron chi connectivity index (χ3n) is 2.72. The lowest BCUT2D eigenvalue weighted by Crippen LogP contribution is -2.31. The molecule has 0 spiro atoms. The van der Waals surface area contributed by atoms with Gasteiger partial charge in [-0.15, -0.1) is 11.6 Å². The monoisotopic (exact) mass is 331 g/mol. The van der Waals surface area contributed by atoms with E-state index in [1.165, 1.54) is 5.69 Å². The van der Waals surface area contributed by atoms with Crippen LogP contribution in [0.2, 0.25) is 0 Å². The molecule has 0 aliphatic rings. The van der Waals surface area contributed by atoms with Crippen LogP contribution in [-0.4, -0.2) is 13.1 Å². The van der Waals surface area contributed by atoms with Crippen molar-refractivity contribution in [3.63, 3.8) is 0 Å². The third kappa shape index (κ3) is 4.81. The molecular formula is C15H23BrClN. The highest BCUT2D eigenvalue weighted by Gasteiger charge is 2.11. The van der Waals surface area contributed by atoms with Gasteiger partial charge in [-0.25, -0.2) is 0 Å². The Morgan fingerprint density at radius 3 is 2.06 bits per heavy atom. The molecule has 0 unspecified atom stereocenters. The molecule has 0 saturated heterocycles. The van der Waals surface area contributed by atoms with Gasteiger partial charge in [0.05, 0.1) is 0 Å². The van der Waals surface area contributed by atoms with Crippen molar-refractivity contribution in [2.24, 2.45) is 11.8 Å². The number of rotatable bonds is 6. The van der Waals surface area contributed by atoms with Gasteiger partial charge in [-0.2, -0.15) is 0 Å².